The van der Waals surface area contributed by atoms with E-state index in [-0.39, 0.29) is 0 Å². The van der Waals surface area contributed by atoms with Crippen LogP contribution in [0.1, 0.15) is 38.5 Å². The molecule has 2 N–H and O–H groups in total. The third-order valence-corrected chi connectivity index (χ3v) is 3.22. The third-order valence-electron chi connectivity index (χ3n) is 3.22. The Morgan fingerprint density at radius 3 is 2.23 bits per heavy atom. The van der Waals surface area contributed by atoms with Crippen LogP contribution < -0.4 is 5.73 Å². The van der Waals surface area contributed by atoms with E-state index in [9.17, 15) is 0 Å². The fourth-order valence-electron chi connectivity index (χ4n) is 2.43. The van der Waals surface area contributed by atoms with E-state index in [0.717, 1.165) is 0 Å². The van der Waals surface area contributed by atoms with E-state index in [1.165, 1.54) is 58.2 Å². The van der Waals surface area contributed by atoms with E-state index >= 15 is 0 Å². The van der Waals surface area contributed by atoms with Gasteiger partial charge in [-0.25, -0.2) is 10.0 Å². The van der Waals surface area contributed by atoms with Crippen LogP contribution in [0.2, 0.25) is 0 Å². The molecule has 2 aliphatic rings. The summed E-state index contributed by atoms with van der Waals surface area (Å²) < 4.78 is 0. The predicted molar refractivity (Wildman–Crippen MR) is 54.0 cm³/mol. The number of hydrazine groups is 1. The minimum atomic E-state index is 0.298. The number of nitrogens with zero attached hydrogens (tertiary/aromatic N) is 2. The van der Waals surface area contributed by atoms with Crippen molar-refractivity contribution >= 4 is 0 Å². The van der Waals surface area contributed by atoms with Crippen LogP contribution in [-0.2, 0) is 0 Å². The second-order valence-corrected chi connectivity index (χ2v) is 4.24. The average molecular weight is 183 g/mol. The molecule has 0 radical (unpaired) electrons. The topological polar surface area (TPSA) is 32.5 Å². The van der Waals surface area contributed by atoms with E-state index < -0.39 is 0 Å². The van der Waals surface area contributed by atoms with E-state index in [1.54, 1.807) is 0 Å². The van der Waals surface area contributed by atoms with E-state index in [0.29, 0.717) is 6.17 Å². The van der Waals surface area contributed by atoms with Crippen LogP contribution in [0, 0.1) is 0 Å². The molecular weight excluding hydrogens is 162 g/mol. The highest BCUT2D eigenvalue weighted by atomic mass is 15.6. The van der Waals surface area contributed by atoms with E-state index in [4.69, 9.17) is 5.73 Å². The second-order valence-electron chi connectivity index (χ2n) is 4.24. The van der Waals surface area contributed by atoms with Gasteiger partial charge in [0.05, 0.1) is 6.17 Å². The number of hydrogen-bond donors (Lipinski definition) is 1. The Labute approximate surface area is 80.8 Å². The molecule has 13 heavy (non-hydrogen) atoms. The summed E-state index contributed by atoms with van der Waals surface area (Å²) in [6.07, 6.45) is 8.21. The van der Waals surface area contributed by atoms with Gasteiger partial charge < -0.3 is 5.73 Å². The summed E-state index contributed by atoms with van der Waals surface area (Å²) in [5.74, 6) is 0. The van der Waals surface area contributed by atoms with Gasteiger partial charge in [-0.2, -0.15) is 0 Å². The van der Waals surface area contributed by atoms with Crippen LogP contribution in [0.15, 0.2) is 0 Å². The highest BCUT2D eigenvalue weighted by Crippen LogP contribution is 2.19. The van der Waals surface area contributed by atoms with E-state index in [2.05, 4.69) is 10.0 Å². The zero-order valence-corrected chi connectivity index (χ0v) is 8.41. The summed E-state index contributed by atoms with van der Waals surface area (Å²) in [6.45, 7) is 3.64. The van der Waals surface area contributed by atoms with Gasteiger partial charge in [0.2, 0.25) is 0 Å². The molecule has 0 aromatic rings. The minimum Gasteiger partial charge on any atom is -0.315 e. The molecule has 2 aliphatic heterocycles. The second kappa shape index (κ2) is 4.40. The molecule has 2 rings (SSSR count). The molecular formula is C10H21N3. The van der Waals surface area contributed by atoms with Crippen molar-refractivity contribution in [2.75, 3.05) is 19.6 Å². The van der Waals surface area contributed by atoms with Gasteiger partial charge in [0, 0.05) is 19.6 Å². The fourth-order valence-corrected chi connectivity index (χ4v) is 2.43. The molecule has 1 unspecified atom stereocenters. The monoisotopic (exact) mass is 183 g/mol. The van der Waals surface area contributed by atoms with Gasteiger partial charge in [0.15, 0.2) is 0 Å². The highest BCUT2D eigenvalue weighted by Gasteiger charge is 2.25. The first kappa shape index (κ1) is 9.44. The molecule has 3 heteroatoms. The lowest BCUT2D eigenvalue weighted by molar-refractivity contribution is -0.0866. The lowest BCUT2D eigenvalue weighted by Crippen LogP contribution is -2.56. The molecule has 2 fully saturated rings. The van der Waals surface area contributed by atoms with Gasteiger partial charge in [0.25, 0.3) is 0 Å². The van der Waals surface area contributed by atoms with Gasteiger partial charge >= 0.3 is 0 Å². The van der Waals surface area contributed by atoms with Crippen molar-refractivity contribution in [1.29, 1.82) is 0 Å². The Kier molecular flexibility index (Phi) is 3.19. The zero-order chi connectivity index (χ0) is 9.10. The van der Waals surface area contributed by atoms with Crippen molar-refractivity contribution < 1.29 is 0 Å². The predicted octanol–water partition coefficient (Wildman–Crippen LogP) is 1.16. The molecule has 0 aromatic heterocycles. The number of rotatable bonds is 1. The Balaban J connectivity index is 1.88. The summed E-state index contributed by atoms with van der Waals surface area (Å²) in [6, 6.07) is 0. The standard InChI is InChI=1S/C10H21N3/c11-10-6-2-5-9-13(10)12-7-3-1-4-8-12/h10H,1-9,11H2. The molecule has 3 nitrogen and oxygen atoms in total. The Bertz CT molecular complexity index is 154. The van der Waals surface area contributed by atoms with Crippen molar-refractivity contribution in [3.8, 4) is 0 Å². The Morgan fingerprint density at radius 1 is 0.846 bits per heavy atom. The molecule has 2 heterocycles. The Hall–Kier alpha value is -0.120. The first-order chi connectivity index (χ1) is 6.38. The normalized spacial score (nSPS) is 33.5. The van der Waals surface area contributed by atoms with Crippen LogP contribution in [0.25, 0.3) is 0 Å². The smallest absolute Gasteiger partial charge is 0.0710 e. The zero-order valence-electron chi connectivity index (χ0n) is 8.41. The van der Waals surface area contributed by atoms with Crippen molar-refractivity contribution in [1.82, 2.24) is 10.0 Å². The summed E-state index contributed by atoms with van der Waals surface area (Å²) in [4.78, 5) is 0. The van der Waals surface area contributed by atoms with Crippen LogP contribution in [-0.4, -0.2) is 35.8 Å². The summed E-state index contributed by atoms with van der Waals surface area (Å²) in [5, 5.41) is 4.88. The molecule has 0 amide bonds. The maximum absolute atomic E-state index is 6.09. The largest absolute Gasteiger partial charge is 0.315 e. The third kappa shape index (κ3) is 2.22. The maximum atomic E-state index is 6.09. The SMILES string of the molecule is NC1CCCCN1N1CCCCC1. The lowest BCUT2D eigenvalue weighted by Gasteiger charge is -2.43. The van der Waals surface area contributed by atoms with Crippen LogP contribution >= 0.6 is 0 Å². The fraction of sp³-hybridized carbons (Fsp3) is 1.00. The van der Waals surface area contributed by atoms with Crippen molar-refractivity contribution in [2.24, 2.45) is 5.73 Å². The molecule has 0 bridgehead atoms. The van der Waals surface area contributed by atoms with Crippen LogP contribution in [0.5, 0.6) is 0 Å². The number of hydrogen-bond acceptors (Lipinski definition) is 3. The number of piperidine rings is 2. The highest BCUT2D eigenvalue weighted by molar-refractivity contribution is 4.72. The van der Waals surface area contributed by atoms with Gasteiger partial charge in [-0.1, -0.05) is 6.42 Å². The molecule has 0 aliphatic carbocycles. The van der Waals surface area contributed by atoms with Crippen LogP contribution in [0.3, 0.4) is 0 Å². The average Bonchev–Trinajstić information content (AvgIpc) is 2.20. The van der Waals surface area contributed by atoms with E-state index in [1.807, 2.05) is 0 Å². The van der Waals surface area contributed by atoms with Crippen LogP contribution in [0.4, 0.5) is 0 Å². The molecule has 2 saturated heterocycles. The lowest BCUT2D eigenvalue weighted by atomic mass is 10.1. The summed E-state index contributed by atoms with van der Waals surface area (Å²) >= 11 is 0. The van der Waals surface area contributed by atoms with Gasteiger partial charge in [0.1, 0.15) is 0 Å². The van der Waals surface area contributed by atoms with Crippen molar-refractivity contribution in [2.45, 2.75) is 44.7 Å². The van der Waals surface area contributed by atoms with Gasteiger partial charge in [-0.3, -0.25) is 0 Å². The molecule has 0 aromatic carbocycles. The maximum Gasteiger partial charge on any atom is 0.0710 e. The molecule has 0 saturated carbocycles. The first-order valence-corrected chi connectivity index (χ1v) is 5.65. The molecule has 0 spiro atoms. The van der Waals surface area contributed by atoms with Crippen molar-refractivity contribution in [3.63, 3.8) is 0 Å². The summed E-state index contributed by atoms with van der Waals surface area (Å²) in [5.41, 5.74) is 6.09. The first-order valence-electron chi connectivity index (χ1n) is 5.65. The number of nitrogens with two attached hydrogens (primary N) is 1. The van der Waals surface area contributed by atoms with Crippen molar-refractivity contribution in [3.05, 3.63) is 0 Å². The minimum absolute atomic E-state index is 0.298. The Morgan fingerprint density at radius 2 is 1.54 bits per heavy atom. The van der Waals surface area contributed by atoms with Gasteiger partial charge in [-0.05, 0) is 32.1 Å². The van der Waals surface area contributed by atoms with Gasteiger partial charge in [-0.15, -0.1) is 0 Å². The quantitative estimate of drug-likeness (QED) is 0.662. The summed E-state index contributed by atoms with van der Waals surface area (Å²) in [7, 11) is 0. The molecule has 1 atom stereocenters. The molecule has 76 valence electrons.